The van der Waals surface area contributed by atoms with Gasteiger partial charge in [0.2, 0.25) is 0 Å². The molecule has 2 amide bonds. The lowest BCUT2D eigenvalue weighted by Gasteiger charge is -2.13. The topological polar surface area (TPSA) is 63.7 Å². The Morgan fingerprint density at radius 3 is 2.56 bits per heavy atom. The minimum absolute atomic E-state index is 0.0680. The minimum atomic E-state index is -0.601. The lowest BCUT2D eigenvalue weighted by Crippen LogP contribution is -2.32. The van der Waals surface area contributed by atoms with Gasteiger partial charge in [0, 0.05) is 12.1 Å². The SMILES string of the molecule is Cc1ccc2c(c1)C(=O)N(CCC(=O)OCc1ccccc1F)C2=O. The third-order valence-electron chi connectivity index (χ3n) is 4.01. The van der Waals surface area contributed by atoms with Crippen molar-refractivity contribution in [3.63, 3.8) is 0 Å². The van der Waals surface area contributed by atoms with Gasteiger partial charge in [-0.25, -0.2) is 4.39 Å². The Morgan fingerprint density at radius 1 is 1.08 bits per heavy atom. The highest BCUT2D eigenvalue weighted by Gasteiger charge is 2.35. The number of rotatable bonds is 5. The van der Waals surface area contributed by atoms with Crippen LogP contribution in [0.5, 0.6) is 0 Å². The van der Waals surface area contributed by atoms with Crippen molar-refractivity contribution in [3.05, 3.63) is 70.5 Å². The number of fused-ring (bicyclic) bond motifs is 1. The summed E-state index contributed by atoms with van der Waals surface area (Å²) in [4.78, 5) is 37.4. The number of hydrogen-bond donors (Lipinski definition) is 0. The van der Waals surface area contributed by atoms with E-state index in [0.29, 0.717) is 11.1 Å². The second kappa shape index (κ2) is 6.84. The smallest absolute Gasteiger partial charge is 0.307 e. The molecule has 6 heteroatoms. The van der Waals surface area contributed by atoms with E-state index in [1.54, 1.807) is 30.3 Å². The molecule has 5 nitrogen and oxygen atoms in total. The average molecular weight is 341 g/mol. The Kier molecular flexibility index (Phi) is 4.61. The van der Waals surface area contributed by atoms with E-state index in [1.165, 1.54) is 12.1 Å². The lowest BCUT2D eigenvalue weighted by molar-refractivity contribution is -0.145. The van der Waals surface area contributed by atoms with E-state index in [9.17, 15) is 18.8 Å². The van der Waals surface area contributed by atoms with Gasteiger partial charge in [0.05, 0.1) is 17.5 Å². The van der Waals surface area contributed by atoms with Crippen LogP contribution in [0.25, 0.3) is 0 Å². The lowest BCUT2D eigenvalue weighted by atomic mass is 10.1. The molecule has 25 heavy (non-hydrogen) atoms. The summed E-state index contributed by atoms with van der Waals surface area (Å²) < 4.78 is 18.5. The molecule has 0 spiro atoms. The third kappa shape index (κ3) is 3.42. The van der Waals surface area contributed by atoms with E-state index < -0.39 is 23.6 Å². The summed E-state index contributed by atoms with van der Waals surface area (Å²) in [5, 5.41) is 0. The van der Waals surface area contributed by atoms with Gasteiger partial charge in [-0.05, 0) is 25.1 Å². The van der Waals surface area contributed by atoms with E-state index >= 15 is 0 Å². The number of halogens is 1. The van der Waals surface area contributed by atoms with Gasteiger partial charge in [-0.3, -0.25) is 19.3 Å². The number of hydrogen-bond acceptors (Lipinski definition) is 4. The molecule has 0 aromatic heterocycles. The molecule has 0 fully saturated rings. The highest BCUT2D eigenvalue weighted by atomic mass is 19.1. The Morgan fingerprint density at radius 2 is 1.80 bits per heavy atom. The zero-order chi connectivity index (χ0) is 18.0. The largest absolute Gasteiger partial charge is 0.461 e. The molecule has 2 aromatic carbocycles. The van der Waals surface area contributed by atoms with E-state index in [1.807, 2.05) is 6.92 Å². The molecule has 0 N–H and O–H groups in total. The van der Waals surface area contributed by atoms with Crippen molar-refractivity contribution < 1.29 is 23.5 Å². The Bertz CT molecular complexity index is 862. The Hall–Kier alpha value is -3.02. The normalized spacial score (nSPS) is 13.1. The summed E-state index contributed by atoms with van der Waals surface area (Å²) in [6.45, 7) is 1.58. The highest BCUT2D eigenvalue weighted by Crippen LogP contribution is 2.24. The first-order chi connectivity index (χ1) is 12.0. The van der Waals surface area contributed by atoms with E-state index in [-0.39, 0.29) is 25.1 Å². The van der Waals surface area contributed by atoms with Crippen molar-refractivity contribution in [2.75, 3.05) is 6.54 Å². The number of aryl methyl sites for hydroxylation is 1. The van der Waals surface area contributed by atoms with Gasteiger partial charge in [-0.2, -0.15) is 0 Å². The van der Waals surface area contributed by atoms with Crippen LogP contribution in [0.3, 0.4) is 0 Å². The number of carbonyl (C=O) groups excluding carboxylic acids is 3. The van der Waals surface area contributed by atoms with Gasteiger partial charge in [0.1, 0.15) is 12.4 Å². The molecule has 0 aliphatic carbocycles. The summed E-state index contributed by atoms with van der Waals surface area (Å²) in [6.07, 6.45) is -0.140. The maximum atomic E-state index is 13.5. The van der Waals surface area contributed by atoms with Crippen molar-refractivity contribution >= 4 is 17.8 Å². The van der Waals surface area contributed by atoms with E-state index in [4.69, 9.17) is 4.74 Å². The summed E-state index contributed by atoms with van der Waals surface area (Å²) in [6, 6.07) is 11.0. The van der Waals surface area contributed by atoms with Crippen LogP contribution in [0.2, 0.25) is 0 Å². The molecule has 0 saturated carbocycles. The van der Waals surface area contributed by atoms with Crippen LogP contribution in [-0.2, 0) is 16.1 Å². The Labute approximate surface area is 144 Å². The molecule has 1 aliphatic rings. The van der Waals surface area contributed by atoms with Crippen LogP contribution in [0, 0.1) is 12.7 Å². The zero-order valence-electron chi connectivity index (χ0n) is 13.6. The van der Waals surface area contributed by atoms with Gasteiger partial charge in [0.25, 0.3) is 11.8 Å². The summed E-state index contributed by atoms with van der Waals surface area (Å²) in [7, 11) is 0. The molecule has 0 atom stereocenters. The molecule has 2 aromatic rings. The Balaban J connectivity index is 1.57. The van der Waals surface area contributed by atoms with Crippen molar-refractivity contribution in [1.82, 2.24) is 4.90 Å². The summed E-state index contributed by atoms with van der Waals surface area (Å²) >= 11 is 0. The molecular weight excluding hydrogens is 325 g/mol. The molecule has 1 aliphatic heterocycles. The standard InChI is InChI=1S/C19H16FNO4/c1-12-6-7-14-15(10-12)19(24)21(18(14)23)9-8-17(22)25-11-13-4-2-3-5-16(13)20/h2-7,10H,8-9,11H2,1H3. The monoisotopic (exact) mass is 341 g/mol. The van der Waals surface area contributed by atoms with E-state index in [0.717, 1.165) is 10.5 Å². The fourth-order valence-corrected chi connectivity index (χ4v) is 2.66. The maximum Gasteiger partial charge on any atom is 0.307 e. The maximum absolute atomic E-state index is 13.5. The highest BCUT2D eigenvalue weighted by molar-refractivity contribution is 6.21. The predicted octanol–water partition coefficient (Wildman–Crippen LogP) is 2.86. The molecule has 128 valence electrons. The van der Waals surface area contributed by atoms with Crippen LogP contribution in [0.4, 0.5) is 4.39 Å². The van der Waals surface area contributed by atoms with Crippen molar-refractivity contribution in [2.45, 2.75) is 20.0 Å². The first-order valence-electron chi connectivity index (χ1n) is 7.83. The number of carbonyl (C=O) groups is 3. The number of nitrogens with zero attached hydrogens (tertiary/aromatic N) is 1. The van der Waals surface area contributed by atoms with Gasteiger partial charge >= 0.3 is 5.97 Å². The minimum Gasteiger partial charge on any atom is -0.461 e. The number of esters is 1. The predicted molar refractivity (Wildman–Crippen MR) is 87.4 cm³/mol. The number of imide groups is 1. The van der Waals surface area contributed by atoms with Crippen LogP contribution in [0.1, 0.15) is 38.3 Å². The van der Waals surface area contributed by atoms with Crippen molar-refractivity contribution in [2.24, 2.45) is 0 Å². The third-order valence-corrected chi connectivity index (χ3v) is 4.01. The molecule has 3 rings (SSSR count). The quantitative estimate of drug-likeness (QED) is 0.620. The molecule has 0 saturated heterocycles. The molecule has 1 heterocycles. The molecule has 0 radical (unpaired) electrons. The second-order valence-electron chi connectivity index (χ2n) is 5.81. The van der Waals surface area contributed by atoms with E-state index in [2.05, 4.69) is 0 Å². The molecular formula is C19H16FNO4. The van der Waals surface area contributed by atoms with Crippen molar-refractivity contribution in [1.29, 1.82) is 0 Å². The van der Waals surface area contributed by atoms with Crippen LogP contribution < -0.4 is 0 Å². The summed E-state index contributed by atoms with van der Waals surface area (Å²) in [5.41, 5.74) is 1.85. The number of ether oxygens (including phenoxy) is 1. The molecule has 0 unspecified atom stereocenters. The van der Waals surface area contributed by atoms with Crippen LogP contribution in [-0.4, -0.2) is 29.2 Å². The average Bonchev–Trinajstić information content (AvgIpc) is 2.83. The fraction of sp³-hybridized carbons (Fsp3) is 0.211. The second-order valence-corrected chi connectivity index (χ2v) is 5.81. The van der Waals surface area contributed by atoms with Crippen molar-refractivity contribution in [3.8, 4) is 0 Å². The zero-order valence-corrected chi connectivity index (χ0v) is 13.6. The first-order valence-corrected chi connectivity index (χ1v) is 7.83. The van der Waals surface area contributed by atoms with Gasteiger partial charge < -0.3 is 4.74 Å². The van der Waals surface area contributed by atoms with Crippen LogP contribution in [0.15, 0.2) is 42.5 Å². The fourth-order valence-electron chi connectivity index (χ4n) is 2.66. The number of amides is 2. The van der Waals surface area contributed by atoms with Gasteiger partial charge in [-0.15, -0.1) is 0 Å². The molecule has 0 bridgehead atoms. The van der Waals surface area contributed by atoms with Gasteiger partial charge in [-0.1, -0.05) is 29.8 Å². The van der Waals surface area contributed by atoms with Crippen LogP contribution >= 0.6 is 0 Å². The van der Waals surface area contributed by atoms with Gasteiger partial charge in [0.15, 0.2) is 0 Å². The first kappa shape index (κ1) is 16.8. The summed E-state index contributed by atoms with van der Waals surface area (Å²) in [5.74, 6) is -1.88. The number of benzene rings is 2.